The fraction of sp³-hybridized carbons (Fsp3) is 0.371. The largest absolute Gasteiger partial charge is 0.493 e. The van der Waals surface area contributed by atoms with Crippen molar-refractivity contribution < 1.29 is 28.5 Å². The van der Waals surface area contributed by atoms with Crippen molar-refractivity contribution in [2.45, 2.75) is 50.0 Å². The topological polar surface area (TPSA) is 88.1 Å². The Morgan fingerprint density at radius 3 is 2.42 bits per heavy atom. The summed E-state index contributed by atoms with van der Waals surface area (Å²) in [6, 6.07) is 19.8. The van der Waals surface area contributed by atoms with Crippen LogP contribution in [0.2, 0.25) is 0 Å². The number of esters is 1. The summed E-state index contributed by atoms with van der Waals surface area (Å²) in [4.78, 5) is 18.7. The smallest absolute Gasteiger partial charge is 0.322 e. The molecule has 8 heteroatoms. The molecule has 1 aliphatic carbocycles. The van der Waals surface area contributed by atoms with Crippen LogP contribution in [0.5, 0.6) is 28.7 Å². The highest BCUT2D eigenvalue weighted by atomic mass is 16.5. The number of nitrogens with zero attached hydrogens (tertiary/aromatic N) is 1. The Bertz CT molecular complexity index is 1590. The highest BCUT2D eigenvalue weighted by molar-refractivity contribution is 5.88. The summed E-state index contributed by atoms with van der Waals surface area (Å²) in [5.74, 6) is 2.94. The van der Waals surface area contributed by atoms with E-state index in [2.05, 4.69) is 16.4 Å². The molecule has 8 nitrogen and oxygen atoms in total. The van der Waals surface area contributed by atoms with Gasteiger partial charge >= 0.3 is 5.97 Å². The van der Waals surface area contributed by atoms with E-state index in [9.17, 15) is 4.79 Å². The van der Waals surface area contributed by atoms with Crippen LogP contribution < -0.4 is 29.0 Å². The molecule has 1 aliphatic rings. The normalized spacial score (nSPS) is 16.4. The Morgan fingerprint density at radius 1 is 0.907 bits per heavy atom. The molecule has 2 atom stereocenters. The van der Waals surface area contributed by atoms with E-state index in [1.54, 1.807) is 34.6 Å². The van der Waals surface area contributed by atoms with Crippen LogP contribution in [0.15, 0.2) is 66.9 Å². The van der Waals surface area contributed by atoms with E-state index in [0.717, 1.165) is 47.0 Å². The maximum absolute atomic E-state index is 14.2. The van der Waals surface area contributed by atoms with E-state index >= 15 is 0 Å². The van der Waals surface area contributed by atoms with Crippen molar-refractivity contribution in [3.63, 3.8) is 0 Å². The zero-order chi connectivity index (χ0) is 30.4. The summed E-state index contributed by atoms with van der Waals surface area (Å²) >= 11 is 0. The van der Waals surface area contributed by atoms with Crippen molar-refractivity contribution in [2.75, 3.05) is 35.5 Å². The average molecular weight is 585 g/mol. The molecule has 0 amide bonds. The second-order valence-electron chi connectivity index (χ2n) is 10.9. The number of fused-ring (bicyclic) bond motifs is 2. The van der Waals surface area contributed by atoms with E-state index in [4.69, 9.17) is 23.7 Å². The molecular formula is C35H40N2O6. The standard InChI is InChI=1S/C35H40N2O6/c1-36-25(12-10-23-11-14-30(39-2)32(20-23)41-4)16-18-35(19-17-27-28(35)13-15-31(40-3)33(27)42-5)34(38)43-26-21-24-8-6-7-9-29(24)37-22-26/h6-9,11,13-15,20-22,25,36H,10,12,16-19H2,1-5H3. The first-order chi connectivity index (χ1) is 21.0. The average Bonchev–Trinajstić information content (AvgIpc) is 3.43. The van der Waals surface area contributed by atoms with Crippen LogP contribution >= 0.6 is 0 Å². The van der Waals surface area contributed by atoms with Crippen molar-refractivity contribution in [3.8, 4) is 28.7 Å². The summed E-state index contributed by atoms with van der Waals surface area (Å²) < 4.78 is 28.3. The van der Waals surface area contributed by atoms with Gasteiger partial charge in [-0.15, -0.1) is 0 Å². The lowest BCUT2D eigenvalue weighted by Gasteiger charge is -2.30. The fourth-order valence-electron chi connectivity index (χ4n) is 6.28. The number of aromatic nitrogens is 1. The first-order valence-corrected chi connectivity index (χ1v) is 14.7. The number of ether oxygens (including phenoxy) is 5. The van der Waals surface area contributed by atoms with Crippen LogP contribution in [0, 0.1) is 0 Å². The maximum atomic E-state index is 14.2. The maximum Gasteiger partial charge on any atom is 0.322 e. The predicted molar refractivity (Wildman–Crippen MR) is 167 cm³/mol. The minimum absolute atomic E-state index is 0.185. The number of hydrogen-bond acceptors (Lipinski definition) is 8. The molecule has 0 fully saturated rings. The van der Waals surface area contributed by atoms with Crippen LogP contribution in [0.3, 0.4) is 0 Å². The van der Waals surface area contributed by atoms with Gasteiger partial charge in [0.1, 0.15) is 5.75 Å². The number of aryl methyl sites for hydroxylation is 1. The fourth-order valence-corrected chi connectivity index (χ4v) is 6.28. The van der Waals surface area contributed by atoms with Gasteiger partial charge < -0.3 is 29.0 Å². The summed E-state index contributed by atoms with van der Waals surface area (Å²) in [5, 5.41) is 4.40. The molecule has 1 N–H and O–H groups in total. The molecule has 0 aliphatic heterocycles. The van der Waals surface area contributed by atoms with E-state index in [0.29, 0.717) is 42.3 Å². The third-order valence-electron chi connectivity index (χ3n) is 8.69. The van der Waals surface area contributed by atoms with Crippen LogP contribution in [0.25, 0.3) is 10.9 Å². The minimum atomic E-state index is -0.834. The van der Waals surface area contributed by atoms with Gasteiger partial charge in [-0.1, -0.05) is 30.3 Å². The number of benzene rings is 3. The summed E-state index contributed by atoms with van der Waals surface area (Å²) in [7, 11) is 8.53. The third-order valence-corrected chi connectivity index (χ3v) is 8.69. The number of methoxy groups -OCH3 is 4. The second kappa shape index (κ2) is 13.3. The van der Waals surface area contributed by atoms with E-state index < -0.39 is 5.41 Å². The first-order valence-electron chi connectivity index (χ1n) is 14.7. The lowest BCUT2D eigenvalue weighted by Crippen LogP contribution is -2.39. The second-order valence-corrected chi connectivity index (χ2v) is 10.9. The van der Waals surface area contributed by atoms with Crippen LogP contribution in [0.1, 0.15) is 42.4 Å². The molecule has 0 saturated carbocycles. The van der Waals surface area contributed by atoms with Crippen LogP contribution in [-0.4, -0.2) is 52.5 Å². The number of nitrogens with one attached hydrogen (secondary N) is 1. The number of pyridine rings is 1. The molecule has 43 heavy (non-hydrogen) atoms. The number of carbonyl (C=O) groups excluding carboxylic acids is 1. The van der Waals surface area contributed by atoms with Gasteiger partial charge in [-0.2, -0.15) is 0 Å². The molecule has 1 aromatic heterocycles. The van der Waals surface area contributed by atoms with Crippen LogP contribution in [-0.2, 0) is 23.1 Å². The third kappa shape index (κ3) is 6.11. The van der Waals surface area contributed by atoms with E-state index in [1.807, 2.05) is 61.6 Å². The van der Waals surface area contributed by atoms with E-state index in [-0.39, 0.29) is 12.0 Å². The molecule has 4 aromatic rings. The Morgan fingerprint density at radius 2 is 1.67 bits per heavy atom. The van der Waals surface area contributed by atoms with Gasteiger partial charge in [-0.05, 0) is 87.0 Å². The Balaban J connectivity index is 1.40. The molecule has 0 bridgehead atoms. The lowest BCUT2D eigenvalue weighted by molar-refractivity contribution is -0.141. The van der Waals surface area contributed by atoms with Gasteiger partial charge in [0.15, 0.2) is 23.0 Å². The van der Waals surface area contributed by atoms with Crippen molar-refractivity contribution >= 4 is 16.9 Å². The van der Waals surface area contributed by atoms with Crippen molar-refractivity contribution in [1.82, 2.24) is 10.3 Å². The number of hydrogen-bond donors (Lipinski definition) is 1. The minimum Gasteiger partial charge on any atom is -0.493 e. The molecule has 1 heterocycles. The lowest BCUT2D eigenvalue weighted by atomic mass is 9.76. The molecule has 3 aromatic carbocycles. The predicted octanol–water partition coefficient (Wildman–Crippen LogP) is 6.06. The molecule has 0 spiro atoms. The van der Waals surface area contributed by atoms with Gasteiger partial charge in [-0.25, -0.2) is 0 Å². The Hall–Kier alpha value is -4.30. The molecule has 0 saturated heterocycles. The number of carbonyl (C=O) groups is 1. The highest BCUT2D eigenvalue weighted by Crippen LogP contribution is 2.49. The molecule has 2 unspecified atom stereocenters. The summed E-state index contributed by atoms with van der Waals surface area (Å²) in [6.45, 7) is 0. The number of rotatable bonds is 13. The zero-order valence-electron chi connectivity index (χ0n) is 25.6. The Labute approximate surface area is 253 Å². The monoisotopic (exact) mass is 584 g/mol. The number of para-hydroxylation sites is 1. The van der Waals surface area contributed by atoms with Gasteiger partial charge in [-0.3, -0.25) is 9.78 Å². The molecule has 0 radical (unpaired) electrons. The van der Waals surface area contributed by atoms with Gasteiger partial charge in [0.05, 0.1) is 45.6 Å². The molecule has 226 valence electrons. The van der Waals surface area contributed by atoms with Crippen molar-refractivity contribution in [2.24, 2.45) is 0 Å². The molecular weight excluding hydrogens is 544 g/mol. The highest BCUT2D eigenvalue weighted by Gasteiger charge is 2.48. The first kappa shape index (κ1) is 30.2. The van der Waals surface area contributed by atoms with E-state index in [1.165, 1.54) is 5.56 Å². The zero-order valence-corrected chi connectivity index (χ0v) is 25.6. The summed E-state index contributed by atoms with van der Waals surface area (Å²) in [6.07, 6.45) is 6.08. The van der Waals surface area contributed by atoms with Gasteiger partial charge in [0, 0.05) is 17.0 Å². The summed E-state index contributed by atoms with van der Waals surface area (Å²) in [5.41, 5.74) is 3.13. The quantitative estimate of drug-likeness (QED) is 0.190. The Kier molecular flexibility index (Phi) is 9.36. The van der Waals surface area contributed by atoms with Crippen molar-refractivity contribution in [3.05, 3.63) is 83.6 Å². The van der Waals surface area contributed by atoms with Gasteiger partial charge in [0.25, 0.3) is 0 Å². The van der Waals surface area contributed by atoms with Crippen LogP contribution in [0.4, 0.5) is 0 Å². The van der Waals surface area contributed by atoms with Crippen molar-refractivity contribution in [1.29, 1.82) is 0 Å². The molecule has 5 rings (SSSR count). The van der Waals surface area contributed by atoms with Gasteiger partial charge in [0.2, 0.25) is 0 Å². The SMILES string of the molecule is CNC(CCc1ccc(OC)c(OC)c1)CCC1(C(=O)Oc2cnc3ccccc3c2)CCc2c1ccc(OC)c2OC.